The number of nitrogens with one attached hydrogen (secondary N) is 1. The number of rotatable bonds is 5. The van der Waals surface area contributed by atoms with Crippen LogP contribution in [0.15, 0.2) is 61.1 Å². The normalized spacial score (nSPS) is 10.6. The van der Waals surface area contributed by atoms with Crippen molar-refractivity contribution in [3.05, 3.63) is 61.1 Å². The average Bonchev–Trinajstić information content (AvgIpc) is 2.74. The van der Waals surface area contributed by atoms with Crippen LogP contribution >= 0.6 is 0 Å². The molecule has 3 aromatic heterocycles. The van der Waals surface area contributed by atoms with Gasteiger partial charge in [0, 0.05) is 35.6 Å². The average molecular weight is 359 g/mol. The Hall–Kier alpha value is -3.74. The highest BCUT2D eigenvalue weighted by molar-refractivity contribution is 5.93. The van der Waals surface area contributed by atoms with Crippen molar-refractivity contribution in [2.45, 2.75) is 0 Å². The summed E-state index contributed by atoms with van der Waals surface area (Å²) in [7, 11) is 3.24. The van der Waals surface area contributed by atoms with Gasteiger partial charge in [-0.1, -0.05) is 0 Å². The van der Waals surface area contributed by atoms with E-state index in [9.17, 15) is 0 Å². The summed E-state index contributed by atoms with van der Waals surface area (Å²) in [6, 6.07) is 13.0. The first kappa shape index (κ1) is 16.7. The van der Waals surface area contributed by atoms with E-state index in [4.69, 9.17) is 14.5 Å². The van der Waals surface area contributed by atoms with Gasteiger partial charge in [0.05, 0.1) is 19.7 Å². The van der Waals surface area contributed by atoms with Crippen LogP contribution in [0.1, 0.15) is 0 Å². The maximum Gasteiger partial charge on any atom is 0.163 e. The third-order valence-corrected chi connectivity index (χ3v) is 4.04. The first-order valence-corrected chi connectivity index (χ1v) is 8.30. The number of aromatic nitrogens is 4. The highest BCUT2D eigenvalue weighted by Crippen LogP contribution is 2.30. The van der Waals surface area contributed by atoms with E-state index in [-0.39, 0.29) is 0 Å². The Balaban J connectivity index is 1.86. The molecule has 134 valence electrons. The quantitative estimate of drug-likeness (QED) is 0.579. The van der Waals surface area contributed by atoms with Crippen LogP contribution in [0.2, 0.25) is 0 Å². The van der Waals surface area contributed by atoms with Crippen LogP contribution in [-0.4, -0.2) is 34.2 Å². The summed E-state index contributed by atoms with van der Waals surface area (Å²) in [4.78, 5) is 17.9. The lowest BCUT2D eigenvalue weighted by Gasteiger charge is -2.12. The van der Waals surface area contributed by atoms with Crippen molar-refractivity contribution in [1.82, 2.24) is 19.9 Å². The predicted octanol–water partition coefficient (Wildman–Crippen LogP) is 3.85. The molecular weight excluding hydrogens is 342 g/mol. The zero-order valence-corrected chi connectivity index (χ0v) is 14.9. The number of pyridine rings is 2. The summed E-state index contributed by atoms with van der Waals surface area (Å²) in [5.41, 5.74) is 1.62. The standard InChI is InChI=1S/C20H17N5O2/c1-26-14-5-6-17-16(10-14)20(24-18-11-15(27-2)7-9-22-18)25-19(23-17)13-4-3-8-21-12-13/h3-12H,1-2H3,(H,22,23,24,25). The largest absolute Gasteiger partial charge is 0.497 e. The Kier molecular flexibility index (Phi) is 4.49. The smallest absolute Gasteiger partial charge is 0.163 e. The van der Waals surface area contributed by atoms with Gasteiger partial charge in [-0.05, 0) is 36.4 Å². The molecule has 0 aliphatic rings. The van der Waals surface area contributed by atoms with Gasteiger partial charge < -0.3 is 14.8 Å². The number of anilines is 2. The fourth-order valence-electron chi connectivity index (χ4n) is 2.68. The van der Waals surface area contributed by atoms with Gasteiger partial charge in [-0.2, -0.15) is 0 Å². The summed E-state index contributed by atoms with van der Waals surface area (Å²) in [6.45, 7) is 0. The summed E-state index contributed by atoms with van der Waals surface area (Å²) >= 11 is 0. The molecule has 0 spiro atoms. The van der Waals surface area contributed by atoms with Gasteiger partial charge in [0.2, 0.25) is 0 Å². The molecular formula is C20H17N5O2. The molecule has 0 fully saturated rings. The molecule has 3 heterocycles. The van der Waals surface area contributed by atoms with Gasteiger partial charge in [0.1, 0.15) is 23.1 Å². The lowest BCUT2D eigenvalue weighted by molar-refractivity contribution is 0.414. The Labute approximate surface area is 156 Å². The predicted molar refractivity (Wildman–Crippen MR) is 103 cm³/mol. The number of nitrogens with zero attached hydrogens (tertiary/aromatic N) is 4. The third-order valence-electron chi connectivity index (χ3n) is 4.04. The summed E-state index contributed by atoms with van der Waals surface area (Å²) in [5, 5.41) is 4.09. The molecule has 7 heteroatoms. The van der Waals surface area contributed by atoms with E-state index in [2.05, 4.69) is 20.3 Å². The van der Waals surface area contributed by atoms with Crippen LogP contribution in [0.5, 0.6) is 11.5 Å². The Morgan fingerprint density at radius 3 is 2.52 bits per heavy atom. The highest BCUT2D eigenvalue weighted by atomic mass is 16.5. The molecule has 0 amide bonds. The fraction of sp³-hybridized carbons (Fsp3) is 0.100. The van der Waals surface area contributed by atoms with Crippen molar-refractivity contribution < 1.29 is 9.47 Å². The number of hydrogen-bond acceptors (Lipinski definition) is 7. The van der Waals surface area contributed by atoms with Gasteiger partial charge in [-0.15, -0.1) is 0 Å². The van der Waals surface area contributed by atoms with Crippen molar-refractivity contribution in [2.75, 3.05) is 19.5 Å². The third kappa shape index (κ3) is 3.48. The molecule has 27 heavy (non-hydrogen) atoms. The second-order valence-electron chi connectivity index (χ2n) is 5.73. The molecule has 1 aromatic carbocycles. The summed E-state index contributed by atoms with van der Waals surface area (Å²) in [5.74, 6) is 3.25. The Bertz CT molecular complexity index is 1090. The molecule has 7 nitrogen and oxygen atoms in total. The van der Waals surface area contributed by atoms with Gasteiger partial charge in [-0.3, -0.25) is 4.98 Å². The number of benzene rings is 1. The van der Waals surface area contributed by atoms with E-state index < -0.39 is 0 Å². The van der Waals surface area contributed by atoms with Crippen LogP contribution in [-0.2, 0) is 0 Å². The van der Waals surface area contributed by atoms with Crippen molar-refractivity contribution >= 4 is 22.5 Å². The summed E-state index contributed by atoms with van der Waals surface area (Å²) < 4.78 is 10.6. The maximum atomic E-state index is 5.35. The minimum absolute atomic E-state index is 0.575. The second-order valence-corrected chi connectivity index (χ2v) is 5.73. The van der Waals surface area contributed by atoms with E-state index in [1.54, 1.807) is 44.9 Å². The molecule has 0 atom stereocenters. The number of fused-ring (bicyclic) bond motifs is 1. The molecule has 0 saturated heterocycles. The van der Waals surface area contributed by atoms with E-state index in [0.717, 1.165) is 22.2 Å². The first-order valence-electron chi connectivity index (χ1n) is 8.30. The molecule has 0 radical (unpaired) electrons. The monoisotopic (exact) mass is 359 g/mol. The van der Waals surface area contributed by atoms with Crippen molar-refractivity contribution in [3.63, 3.8) is 0 Å². The van der Waals surface area contributed by atoms with E-state index in [0.29, 0.717) is 23.2 Å². The topological polar surface area (TPSA) is 82.0 Å². The van der Waals surface area contributed by atoms with E-state index >= 15 is 0 Å². The lowest BCUT2D eigenvalue weighted by Crippen LogP contribution is -2.01. The second kappa shape index (κ2) is 7.25. The number of ether oxygens (including phenoxy) is 2. The summed E-state index contributed by atoms with van der Waals surface area (Å²) in [6.07, 6.45) is 5.13. The maximum absolute atomic E-state index is 5.35. The van der Waals surface area contributed by atoms with Crippen LogP contribution in [0.4, 0.5) is 11.6 Å². The van der Waals surface area contributed by atoms with Gasteiger partial charge in [0.25, 0.3) is 0 Å². The van der Waals surface area contributed by atoms with Crippen LogP contribution in [0.25, 0.3) is 22.3 Å². The molecule has 0 aliphatic carbocycles. The molecule has 4 rings (SSSR count). The number of hydrogen-bond donors (Lipinski definition) is 1. The minimum Gasteiger partial charge on any atom is -0.497 e. The number of methoxy groups -OCH3 is 2. The highest BCUT2D eigenvalue weighted by Gasteiger charge is 2.12. The minimum atomic E-state index is 0.575. The zero-order chi connectivity index (χ0) is 18.6. The van der Waals surface area contributed by atoms with Gasteiger partial charge in [0.15, 0.2) is 5.82 Å². The Morgan fingerprint density at radius 1 is 0.889 bits per heavy atom. The van der Waals surface area contributed by atoms with Gasteiger partial charge in [-0.25, -0.2) is 15.0 Å². The van der Waals surface area contributed by atoms with Crippen molar-refractivity contribution in [2.24, 2.45) is 0 Å². The first-order chi connectivity index (χ1) is 13.3. The fourth-order valence-corrected chi connectivity index (χ4v) is 2.68. The lowest BCUT2D eigenvalue weighted by atomic mass is 10.2. The van der Waals surface area contributed by atoms with Crippen molar-refractivity contribution in [1.29, 1.82) is 0 Å². The molecule has 0 bridgehead atoms. The van der Waals surface area contributed by atoms with Crippen LogP contribution in [0, 0.1) is 0 Å². The molecule has 0 aliphatic heterocycles. The molecule has 4 aromatic rings. The van der Waals surface area contributed by atoms with Gasteiger partial charge >= 0.3 is 0 Å². The van der Waals surface area contributed by atoms with Crippen molar-refractivity contribution in [3.8, 4) is 22.9 Å². The van der Waals surface area contributed by atoms with Crippen LogP contribution in [0.3, 0.4) is 0 Å². The molecule has 0 saturated carbocycles. The van der Waals surface area contributed by atoms with E-state index in [1.807, 2.05) is 30.3 Å². The van der Waals surface area contributed by atoms with Crippen LogP contribution < -0.4 is 14.8 Å². The Morgan fingerprint density at radius 2 is 1.74 bits per heavy atom. The van der Waals surface area contributed by atoms with E-state index in [1.165, 1.54) is 0 Å². The SMILES string of the molecule is COc1ccnc(Nc2nc(-c3cccnc3)nc3ccc(OC)cc23)c1. The molecule has 0 unspecified atom stereocenters. The zero-order valence-electron chi connectivity index (χ0n) is 14.9. The molecule has 1 N–H and O–H groups in total.